The quantitative estimate of drug-likeness (QED) is 0.165. The minimum absolute atomic E-state index is 0. The van der Waals surface area contributed by atoms with Gasteiger partial charge in [0, 0.05) is 29.6 Å². The van der Waals surface area contributed by atoms with E-state index in [1.807, 2.05) is 80.4 Å². The first kappa shape index (κ1) is 37.6. The molecule has 3 heterocycles. The number of benzene rings is 1. The molecule has 43 heavy (non-hydrogen) atoms. The van der Waals surface area contributed by atoms with Crippen molar-refractivity contribution in [2.24, 2.45) is 9.98 Å². The van der Waals surface area contributed by atoms with Crippen LogP contribution in [-0.2, 0) is 37.3 Å². The van der Waals surface area contributed by atoms with Crippen LogP contribution >= 0.6 is 0 Å². The fraction of sp³-hybridized carbons (Fsp3) is 0.217. The number of amidine groups is 2. The summed E-state index contributed by atoms with van der Waals surface area (Å²) in [7, 11) is -10.2. The van der Waals surface area contributed by atoms with E-state index in [0.29, 0.717) is 11.7 Å². The molecule has 0 bridgehead atoms. The van der Waals surface area contributed by atoms with Crippen LogP contribution < -0.4 is 4.90 Å². The molecule has 3 aromatic rings. The molecule has 0 aliphatic carbocycles. The summed E-state index contributed by atoms with van der Waals surface area (Å²) in [6.07, 6.45) is 0. The van der Waals surface area contributed by atoms with Gasteiger partial charge in [0.25, 0.3) is 0 Å². The molecule has 0 N–H and O–H groups in total. The number of fused-ring (bicyclic) bond motifs is 1. The van der Waals surface area contributed by atoms with E-state index in [0.717, 1.165) is 34.2 Å². The van der Waals surface area contributed by atoms with Crippen LogP contribution in [-0.4, -0.2) is 65.6 Å². The molecule has 0 fully saturated rings. The van der Waals surface area contributed by atoms with Crippen molar-refractivity contribution in [1.29, 1.82) is 0 Å². The van der Waals surface area contributed by atoms with Gasteiger partial charge in [-0.2, -0.15) is 26.3 Å². The van der Waals surface area contributed by atoms with E-state index >= 15 is 0 Å². The molecule has 20 heteroatoms. The van der Waals surface area contributed by atoms with E-state index in [4.69, 9.17) is 30.9 Å². The average Bonchev–Trinajstić information content (AvgIpc) is 3.20. The summed E-state index contributed by atoms with van der Waals surface area (Å²) >= 11 is 0. The fourth-order valence-electron chi connectivity index (χ4n) is 2.96. The van der Waals surface area contributed by atoms with Gasteiger partial charge in [-0.15, -0.1) is 0 Å². The van der Waals surface area contributed by atoms with Crippen molar-refractivity contribution < 1.29 is 69.4 Å². The normalized spacial score (nSPS) is 13.8. The molecule has 0 atom stereocenters. The third kappa shape index (κ3) is 10.7. The third-order valence-electron chi connectivity index (χ3n) is 4.82. The Labute approximate surface area is 252 Å². The van der Waals surface area contributed by atoms with Crippen molar-refractivity contribution in [2.45, 2.75) is 24.9 Å². The van der Waals surface area contributed by atoms with Crippen LogP contribution in [0.1, 0.15) is 22.5 Å². The number of anilines is 1. The Kier molecular flexibility index (Phi) is 12.6. The zero-order valence-electron chi connectivity index (χ0n) is 21.9. The predicted octanol–water partition coefficient (Wildman–Crippen LogP) is 4.17. The molecular weight excluding hydrogens is 676 g/mol. The van der Waals surface area contributed by atoms with Crippen molar-refractivity contribution in [3.8, 4) is 0 Å². The van der Waals surface area contributed by atoms with Crippen molar-refractivity contribution in [3.05, 3.63) is 83.2 Å². The van der Waals surface area contributed by atoms with Gasteiger partial charge < -0.3 is 14.0 Å². The monoisotopic (exact) mass is 695 g/mol. The second kappa shape index (κ2) is 14.4. The first-order valence-corrected chi connectivity index (χ1v) is 13.9. The van der Waals surface area contributed by atoms with Crippen LogP contribution in [0.3, 0.4) is 0 Å². The Hall–Kier alpha value is -3.42. The molecule has 0 spiro atoms. The third-order valence-corrected chi connectivity index (χ3v) is 5.95. The SMILES string of the molecule is Cc1cccc(/N=C2\N=C(N(C)c3cccc(C)n3)c3ccccc32)n1.O=S(=O)([O-])C(F)(F)F.O=S(=O)([O-])C(F)(F)F.[Fe+2]. The molecular formula is C23H19F6FeN5O6S2. The van der Waals surface area contributed by atoms with Crippen molar-refractivity contribution in [1.82, 2.24) is 9.97 Å². The number of alkyl halides is 6. The largest absolute Gasteiger partial charge is 2.00 e. The van der Waals surface area contributed by atoms with Gasteiger partial charge in [-0.1, -0.05) is 36.4 Å². The number of pyridine rings is 2. The van der Waals surface area contributed by atoms with E-state index in [1.54, 1.807) is 0 Å². The second-order valence-corrected chi connectivity index (χ2v) is 10.8. The van der Waals surface area contributed by atoms with Crippen LogP contribution in [0.5, 0.6) is 0 Å². The molecule has 2 aromatic heterocycles. The topological polar surface area (TPSA) is 168 Å². The molecule has 0 saturated carbocycles. The number of aryl methyl sites for hydroxylation is 2. The maximum absolute atomic E-state index is 10.7. The molecule has 0 unspecified atom stereocenters. The Morgan fingerprint density at radius 3 is 1.60 bits per heavy atom. The molecule has 0 amide bonds. The maximum atomic E-state index is 10.7. The zero-order chi connectivity index (χ0) is 32.1. The molecule has 1 aliphatic heterocycles. The summed E-state index contributed by atoms with van der Waals surface area (Å²) in [6, 6.07) is 19.9. The van der Waals surface area contributed by atoms with Gasteiger partial charge >= 0.3 is 28.1 Å². The van der Waals surface area contributed by atoms with Crippen LogP contribution in [0.4, 0.5) is 38.0 Å². The van der Waals surface area contributed by atoms with Crippen molar-refractivity contribution in [2.75, 3.05) is 11.9 Å². The first-order chi connectivity index (χ1) is 19.1. The Balaban J connectivity index is 0.000000453. The summed E-state index contributed by atoms with van der Waals surface area (Å²) in [4.78, 5) is 20.5. The average molecular weight is 695 g/mol. The van der Waals surface area contributed by atoms with Gasteiger partial charge in [0.1, 0.15) is 11.7 Å². The fourth-order valence-corrected chi connectivity index (χ4v) is 2.96. The molecule has 1 aliphatic rings. The molecule has 1 aromatic carbocycles. The van der Waals surface area contributed by atoms with Crippen molar-refractivity contribution >= 4 is 43.5 Å². The van der Waals surface area contributed by atoms with Gasteiger partial charge in [-0.25, -0.2) is 36.8 Å². The van der Waals surface area contributed by atoms with Gasteiger partial charge in [-0.05, 0) is 38.1 Å². The summed E-state index contributed by atoms with van der Waals surface area (Å²) in [5, 5.41) is 0. The second-order valence-electron chi connectivity index (χ2n) is 8.05. The van der Waals surface area contributed by atoms with Gasteiger partial charge in [0.15, 0.2) is 31.9 Å². The van der Waals surface area contributed by atoms with E-state index < -0.39 is 31.3 Å². The Morgan fingerprint density at radius 1 is 0.721 bits per heavy atom. The maximum Gasteiger partial charge on any atom is 2.00 e. The minimum atomic E-state index is -6.09. The van der Waals surface area contributed by atoms with E-state index in [9.17, 15) is 26.3 Å². The molecule has 11 nitrogen and oxygen atoms in total. The number of hydrogen-bond donors (Lipinski definition) is 0. The standard InChI is InChI=1S/C21H19N5.2CHF3O3S.Fe/c1-14-8-6-12-18(22-14)24-20-16-10-4-5-11-17(16)21(25-20)26(3)19-13-7-9-15(2)23-19;2*2-1(3,4)8(5,6)7;/h4-13H,1-3H3;2*(H,5,6,7);/q;;;+2/p-2/b24-20-;;;. The minimum Gasteiger partial charge on any atom is -0.741 e. The first-order valence-electron chi connectivity index (χ1n) is 11.0. The van der Waals surface area contributed by atoms with Crippen molar-refractivity contribution in [3.63, 3.8) is 0 Å². The van der Waals surface area contributed by atoms with Crippen LogP contribution in [0.2, 0.25) is 0 Å². The number of halogens is 6. The Bertz CT molecular complexity index is 1670. The Morgan fingerprint density at radius 2 is 1.16 bits per heavy atom. The molecule has 0 saturated heterocycles. The van der Waals surface area contributed by atoms with Gasteiger partial charge in [-0.3, -0.25) is 0 Å². The number of aromatic nitrogens is 2. The number of rotatable bonds is 2. The summed E-state index contributed by atoms with van der Waals surface area (Å²) in [5.74, 6) is 3.03. The predicted molar refractivity (Wildman–Crippen MR) is 137 cm³/mol. The van der Waals surface area contributed by atoms with E-state index in [-0.39, 0.29) is 17.1 Å². The van der Waals surface area contributed by atoms with Crippen LogP contribution in [0.15, 0.2) is 70.6 Å². The van der Waals surface area contributed by atoms with Crippen LogP contribution in [0, 0.1) is 13.8 Å². The summed E-state index contributed by atoms with van der Waals surface area (Å²) in [6.45, 7) is 3.94. The van der Waals surface area contributed by atoms with E-state index in [1.165, 1.54) is 0 Å². The molecule has 4 rings (SSSR count). The number of hydrogen-bond acceptors (Lipinski definition) is 10. The number of nitrogens with zero attached hydrogens (tertiary/aromatic N) is 5. The summed E-state index contributed by atoms with van der Waals surface area (Å²) in [5.41, 5.74) is -7.34. The molecule has 0 radical (unpaired) electrons. The van der Waals surface area contributed by atoms with Gasteiger partial charge in [0.2, 0.25) is 0 Å². The van der Waals surface area contributed by atoms with Gasteiger partial charge in [0.05, 0.1) is 0 Å². The van der Waals surface area contributed by atoms with Crippen LogP contribution in [0.25, 0.3) is 0 Å². The smallest absolute Gasteiger partial charge is 0.741 e. The summed E-state index contributed by atoms with van der Waals surface area (Å²) < 4.78 is 118. The number of aliphatic imine (C=N–C) groups is 2. The van der Waals surface area contributed by atoms with E-state index in [2.05, 4.69) is 21.0 Å². The molecule has 234 valence electrons. The zero-order valence-corrected chi connectivity index (χ0v) is 24.6.